The minimum absolute atomic E-state index is 0.190. The van der Waals surface area contributed by atoms with E-state index < -0.39 is 12.0 Å². The highest BCUT2D eigenvalue weighted by Gasteiger charge is 2.34. The number of thiophene rings is 1. The van der Waals surface area contributed by atoms with Gasteiger partial charge in [0.05, 0.1) is 29.0 Å². The van der Waals surface area contributed by atoms with Crippen molar-refractivity contribution in [2.24, 2.45) is 10.9 Å². The van der Waals surface area contributed by atoms with E-state index in [1.54, 1.807) is 11.5 Å². The summed E-state index contributed by atoms with van der Waals surface area (Å²) in [6.45, 7) is 8.54. The van der Waals surface area contributed by atoms with Crippen molar-refractivity contribution in [3.05, 3.63) is 83.2 Å². The molecule has 6 nitrogen and oxygen atoms in total. The molecule has 8 heteroatoms. The highest BCUT2D eigenvalue weighted by atomic mass is 32.1. The third-order valence-electron chi connectivity index (χ3n) is 5.11. The van der Waals surface area contributed by atoms with Gasteiger partial charge in [0.25, 0.3) is 5.56 Å². The molecule has 0 fully saturated rings. The quantitative estimate of drug-likeness (QED) is 0.479. The van der Waals surface area contributed by atoms with Crippen molar-refractivity contribution in [2.45, 2.75) is 33.7 Å². The van der Waals surface area contributed by atoms with Crippen LogP contribution < -0.4 is 19.6 Å². The van der Waals surface area contributed by atoms with Crippen molar-refractivity contribution in [3.63, 3.8) is 0 Å². The first-order chi connectivity index (χ1) is 15.9. The molecule has 172 valence electrons. The molecule has 1 aliphatic rings. The first kappa shape index (κ1) is 23.2. The molecule has 0 unspecified atom stereocenters. The van der Waals surface area contributed by atoms with Crippen molar-refractivity contribution in [3.8, 4) is 5.75 Å². The molecule has 2 aromatic heterocycles. The zero-order chi connectivity index (χ0) is 23.5. The number of nitrogens with zero attached hydrogens (tertiary/aromatic N) is 2. The van der Waals surface area contributed by atoms with Gasteiger partial charge in [-0.25, -0.2) is 9.79 Å². The van der Waals surface area contributed by atoms with Gasteiger partial charge in [-0.05, 0) is 43.4 Å². The van der Waals surface area contributed by atoms with Gasteiger partial charge >= 0.3 is 5.97 Å². The maximum absolute atomic E-state index is 13.6. The summed E-state index contributed by atoms with van der Waals surface area (Å²) in [6.07, 6.45) is 1.83. The van der Waals surface area contributed by atoms with E-state index in [2.05, 4.69) is 4.99 Å². The fourth-order valence-electron chi connectivity index (χ4n) is 3.65. The number of aromatic nitrogens is 1. The highest BCUT2D eigenvalue weighted by Crippen LogP contribution is 2.33. The zero-order valence-electron chi connectivity index (χ0n) is 19.0. The van der Waals surface area contributed by atoms with Gasteiger partial charge in [0.15, 0.2) is 4.80 Å². The Kier molecular flexibility index (Phi) is 6.95. The van der Waals surface area contributed by atoms with Crippen LogP contribution in [0.25, 0.3) is 6.08 Å². The average molecular weight is 483 g/mol. The van der Waals surface area contributed by atoms with Crippen molar-refractivity contribution in [1.82, 2.24) is 4.57 Å². The van der Waals surface area contributed by atoms with Gasteiger partial charge in [0, 0.05) is 10.4 Å². The number of carbonyl (C=O) groups excluding carboxylic acids is 1. The Morgan fingerprint density at radius 2 is 2.03 bits per heavy atom. The number of ether oxygens (including phenoxy) is 2. The monoisotopic (exact) mass is 482 g/mol. The molecule has 1 atom stereocenters. The van der Waals surface area contributed by atoms with E-state index in [4.69, 9.17) is 9.47 Å². The lowest BCUT2D eigenvalue weighted by Gasteiger charge is -2.23. The van der Waals surface area contributed by atoms with E-state index >= 15 is 0 Å². The molecule has 33 heavy (non-hydrogen) atoms. The van der Waals surface area contributed by atoms with Gasteiger partial charge in [-0.15, -0.1) is 11.3 Å². The van der Waals surface area contributed by atoms with Crippen molar-refractivity contribution in [1.29, 1.82) is 0 Å². The van der Waals surface area contributed by atoms with Gasteiger partial charge in [0.1, 0.15) is 11.8 Å². The maximum Gasteiger partial charge on any atom is 0.338 e. The molecule has 0 radical (unpaired) electrons. The van der Waals surface area contributed by atoms with Crippen molar-refractivity contribution >= 4 is 34.7 Å². The first-order valence-electron chi connectivity index (χ1n) is 10.9. The predicted octanol–water partition coefficient (Wildman–Crippen LogP) is 3.89. The second-order valence-corrected chi connectivity index (χ2v) is 10.0. The summed E-state index contributed by atoms with van der Waals surface area (Å²) < 4.78 is 13.4. The molecule has 0 N–H and O–H groups in total. The molecule has 3 heterocycles. The van der Waals surface area contributed by atoms with Gasteiger partial charge in [-0.1, -0.05) is 49.4 Å². The Bertz CT molecular complexity index is 1360. The predicted molar refractivity (Wildman–Crippen MR) is 131 cm³/mol. The average Bonchev–Trinajstić information content (AvgIpc) is 3.41. The number of esters is 1. The number of rotatable bonds is 7. The van der Waals surface area contributed by atoms with Crippen LogP contribution in [-0.2, 0) is 9.53 Å². The van der Waals surface area contributed by atoms with Crippen LogP contribution in [0.1, 0.15) is 44.2 Å². The van der Waals surface area contributed by atoms with E-state index in [9.17, 15) is 9.59 Å². The summed E-state index contributed by atoms with van der Waals surface area (Å²) in [6, 6.07) is 10.9. The number of allylic oxidation sites excluding steroid dienone is 1. The van der Waals surface area contributed by atoms with E-state index in [0.29, 0.717) is 33.8 Å². The Balaban J connectivity index is 1.87. The summed E-state index contributed by atoms with van der Waals surface area (Å²) in [5, 5.41) is 1.94. The Hall–Kier alpha value is -2.97. The molecule has 4 rings (SSSR count). The third-order valence-corrected chi connectivity index (χ3v) is 7.02. The van der Waals surface area contributed by atoms with Gasteiger partial charge in [-0.3, -0.25) is 9.36 Å². The number of para-hydroxylation sites is 1. The minimum Gasteiger partial charge on any atom is -0.493 e. The van der Waals surface area contributed by atoms with Gasteiger partial charge < -0.3 is 9.47 Å². The smallest absolute Gasteiger partial charge is 0.338 e. The summed E-state index contributed by atoms with van der Waals surface area (Å²) in [5.41, 5.74) is 1.62. The number of benzene rings is 1. The molecular formula is C25H26N2O4S2. The van der Waals surface area contributed by atoms with Crippen LogP contribution in [0.15, 0.2) is 62.8 Å². The minimum atomic E-state index is -0.565. The first-order valence-corrected chi connectivity index (χ1v) is 12.5. The lowest BCUT2D eigenvalue weighted by molar-refractivity contribution is -0.140. The normalized spacial score (nSPS) is 16.0. The molecule has 1 aliphatic heterocycles. The fourth-order valence-corrected chi connectivity index (χ4v) is 5.51. The largest absolute Gasteiger partial charge is 0.493 e. The SMILES string of the molecule is CCOc1ccccc1/C=c1/sc2n(c1=O)[C@@H](c1cccs1)C(C(=O)OCC(C)C)=C(C)N=2. The fraction of sp³-hybridized carbons (Fsp3) is 0.320. The van der Waals surface area contributed by atoms with Crippen LogP contribution in [0.2, 0.25) is 0 Å². The molecule has 0 saturated heterocycles. The van der Waals surface area contributed by atoms with Crippen molar-refractivity contribution in [2.75, 3.05) is 13.2 Å². The Morgan fingerprint density at radius 3 is 2.73 bits per heavy atom. The summed E-state index contributed by atoms with van der Waals surface area (Å²) >= 11 is 2.81. The number of fused-ring (bicyclic) bond motifs is 1. The van der Waals surface area contributed by atoms with Gasteiger partial charge in [-0.2, -0.15) is 0 Å². The second kappa shape index (κ2) is 9.89. The molecule has 3 aromatic rings. The standard InChI is InChI=1S/C25H26N2O4S2/c1-5-30-18-10-7-6-9-17(18)13-20-23(28)27-22(19-11-8-12-32-19)21(16(4)26-25(27)33-20)24(29)31-14-15(2)3/h6-13,15,22H,5,14H2,1-4H3/b20-13+/t22-/m0/s1. The summed E-state index contributed by atoms with van der Waals surface area (Å²) in [5.74, 6) is 0.496. The number of carbonyl (C=O) groups is 1. The molecular weight excluding hydrogens is 456 g/mol. The lowest BCUT2D eigenvalue weighted by Crippen LogP contribution is -2.39. The molecule has 0 amide bonds. The van der Waals surface area contributed by atoms with E-state index in [1.807, 2.05) is 68.6 Å². The maximum atomic E-state index is 13.6. The van der Waals surface area contributed by atoms with Crippen LogP contribution in [0.4, 0.5) is 0 Å². The van der Waals surface area contributed by atoms with Crippen LogP contribution in [0, 0.1) is 5.92 Å². The van der Waals surface area contributed by atoms with Crippen molar-refractivity contribution < 1.29 is 14.3 Å². The summed E-state index contributed by atoms with van der Waals surface area (Å²) in [4.78, 5) is 32.8. The highest BCUT2D eigenvalue weighted by molar-refractivity contribution is 7.10. The third kappa shape index (κ3) is 4.72. The van der Waals surface area contributed by atoms with E-state index in [1.165, 1.54) is 22.7 Å². The van der Waals surface area contributed by atoms with Crippen LogP contribution >= 0.6 is 22.7 Å². The number of hydrogen-bond donors (Lipinski definition) is 0. The zero-order valence-corrected chi connectivity index (χ0v) is 20.7. The van der Waals surface area contributed by atoms with E-state index in [-0.39, 0.29) is 11.5 Å². The molecule has 1 aromatic carbocycles. The van der Waals surface area contributed by atoms with E-state index in [0.717, 1.165) is 16.2 Å². The van der Waals surface area contributed by atoms with Crippen LogP contribution in [-0.4, -0.2) is 23.8 Å². The van der Waals surface area contributed by atoms with Crippen LogP contribution in [0.3, 0.4) is 0 Å². The second-order valence-electron chi connectivity index (χ2n) is 8.06. The molecule has 0 saturated carbocycles. The Labute approximate surface area is 200 Å². The molecule has 0 aliphatic carbocycles. The number of hydrogen-bond acceptors (Lipinski definition) is 7. The number of thiazole rings is 1. The lowest BCUT2D eigenvalue weighted by atomic mass is 10.0. The molecule has 0 bridgehead atoms. The summed E-state index contributed by atoms with van der Waals surface area (Å²) in [7, 11) is 0. The Morgan fingerprint density at radius 1 is 1.24 bits per heavy atom. The van der Waals surface area contributed by atoms with Gasteiger partial charge in [0.2, 0.25) is 0 Å². The van der Waals surface area contributed by atoms with Crippen LogP contribution in [0.5, 0.6) is 5.75 Å². The molecule has 0 spiro atoms. The topological polar surface area (TPSA) is 69.9 Å².